The quantitative estimate of drug-likeness (QED) is 0.359. The summed E-state index contributed by atoms with van der Waals surface area (Å²) >= 11 is 5.91. The number of hydrogen-bond donors (Lipinski definition) is 0. The molecule has 1 unspecified atom stereocenters. The third-order valence-electron chi connectivity index (χ3n) is 4.44. The van der Waals surface area contributed by atoms with Crippen LogP contribution in [-0.4, -0.2) is 28.5 Å². The molecule has 1 atom stereocenters. The summed E-state index contributed by atoms with van der Waals surface area (Å²) in [4.78, 5) is 3.37. The van der Waals surface area contributed by atoms with Gasteiger partial charge in [-0.1, -0.05) is 53.2 Å². The van der Waals surface area contributed by atoms with Crippen LogP contribution in [0.2, 0.25) is 5.02 Å². The molecule has 2 aromatic carbocycles. The lowest BCUT2D eigenvalue weighted by Crippen LogP contribution is -2.18. The van der Waals surface area contributed by atoms with Gasteiger partial charge in [-0.3, -0.25) is 4.57 Å². The fourth-order valence-corrected chi connectivity index (χ4v) is 4.98. The van der Waals surface area contributed by atoms with E-state index in [1.807, 2.05) is 12.1 Å². The van der Waals surface area contributed by atoms with E-state index in [1.165, 1.54) is 0 Å². The number of aromatic nitrogens is 2. The highest BCUT2D eigenvalue weighted by molar-refractivity contribution is 7.55. The Hall–Kier alpha value is -2.19. The van der Waals surface area contributed by atoms with Crippen molar-refractivity contribution in [3.05, 3.63) is 70.6 Å². The molecule has 0 spiro atoms. The fourth-order valence-electron chi connectivity index (χ4n) is 2.87. The molecule has 0 saturated heterocycles. The molecule has 1 heterocycles. The van der Waals surface area contributed by atoms with Gasteiger partial charge in [0, 0.05) is 17.1 Å². The van der Waals surface area contributed by atoms with Crippen LogP contribution in [-0.2, 0) is 28.0 Å². The number of nitrogens with zero attached hydrogens (tertiary/aromatic N) is 3. The maximum Gasteiger partial charge on any atom is 0.471 e. The lowest BCUT2D eigenvalue weighted by molar-refractivity contribution is -0.159. The van der Waals surface area contributed by atoms with Crippen LogP contribution >= 0.6 is 19.1 Å². The molecule has 0 aliphatic rings. The number of hydrogen-bond acceptors (Lipinski definition) is 5. The number of benzene rings is 2. The molecule has 0 aliphatic heterocycles. The first-order chi connectivity index (χ1) is 14.6. The summed E-state index contributed by atoms with van der Waals surface area (Å²) in [6.45, 7) is 2.43. The van der Waals surface area contributed by atoms with Gasteiger partial charge in [0.15, 0.2) is 0 Å². The van der Waals surface area contributed by atoms with E-state index in [2.05, 4.69) is 14.7 Å². The minimum atomic E-state index is -4.70. The predicted molar refractivity (Wildman–Crippen MR) is 111 cm³/mol. The van der Waals surface area contributed by atoms with Crippen LogP contribution < -0.4 is 0 Å². The minimum absolute atomic E-state index is 0.130. The predicted octanol–water partition coefficient (Wildman–Crippen LogP) is 6.27. The van der Waals surface area contributed by atoms with E-state index in [0.29, 0.717) is 22.7 Å². The fraction of sp³-hybridized carbons (Fsp3) is 0.300. The first kappa shape index (κ1) is 23.5. The minimum Gasteiger partial charge on any atom is -0.329 e. The Morgan fingerprint density at radius 3 is 2.26 bits per heavy atom. The first-order valence-electron chi connectivity index (χ1n) is 9.30. The van der Waals surface area contributed by atoms with Gasteiger partial charge in [0.25, 0.3) is 7.52 Å². The van der Waals surface area contributed by atoms with Gasteiger partial charge in [-0.15, -0.1) is 0 Å². The van der Waals surface area contributed by atoms with Crippen molar-refractivity contribution in [2.24, 2.45) is 0 Å². The Morgan fingerprint density at radius 1 is 1.10 bits per heavy atom. The molecule has 0 aliphatic carbocycles. The van der Waals surface area contributed by atoms with Crippen LogP contribution in [0.15, 0.2) is 53.1 Å². The Kier molecular flexibility index (Phi) is 7.21. The summed E-state index contributed by atoms with van der Waals surface area (Å²) in [5.41, 5.74) is 1.98. The highest BCUT2D eigenvalue weighted by Gasteiger charge is 2.38. The number of rotatable bonds is 8. The van der Waals surface area contributed by atoms with Gasteiger partial charge in [0.2, 0.25) is 5.82 Å². The maximum atomic E-state index is 13.5. The third-order valence-corrected chi connectivity index (χ3v) is 7.30. The molecule has 3 aromatic rings. The molecule has 0 fully saturated rings. The van der Waals surface area contributed by atoms with Crippen LogP contribution in [0.4, 0.5) is 13.2 Å². The van der Waals surface area contributed by atoms with E-state index in [1.54, 1.807) is 55.0 Å². The highest BCUT2D eigenvalue weighted by atomic mass is 35.5. The second-order valence-corrected chi connectivity index (χ2v) is 9.74. The van der Waals surface area contributed by atoms with E-state index >= 15 is 0 Å². The zero-order valence-corrected chi connectivity index (χ0v) is 18.4. The Bertz CT molecular complexity index is 1060. The average molecular weight is 474 g/mol. The van der Waals surface area contributed by atoms with E-state index in [-0.39, 0.29) is 18.6 Å². The second-order valence-electron chi connectivity index (χ2n) is 6.77. The Morgan fingerprint density at radius 2 is 1.71 bits per heavy atom. The van der Waals surface area contributed by atoms with Gasteiger partial charge >= 0.3 is 12.1 Å². The SMILES string of the molecule is CCOP(=O)(Cc1ccc(-c2noc(C(F)(F)F)n2)cc1)N(C)Cc1ccc(Cl)cc1. The van der Waals surface area contributed by atoms with E-state index < -0.39 is 19.6 Å². The topological polar surface area (TPSA) is 68.5 Å². The molecular weight excluding hydrogens is 454 g/mol. The molecule has 3 rings (SSSR count). The summed E-state index contributed by atoms with van der Waals surface area (Å²) in [6.07, 6.45) is -4.57. The van der Waals surface area contributed by atoms with Crippen LogP contribution in [0.3, 0.4) is 0 Å². The molecule has 0 saturated carbocycles. The molecule has 0 radical (unpaired) electrons. The van der Waals surface area contributed by atoms with Crippen molar-refractivity contribution in [3.63, 3.8) is 0 Å². The van der Waals surface area contributed by atoms with Gasteiger partial charge < -0.3 is 9.05 Å². The lowest BCUT2D eigenvalue weighted by atomic mass is 10.1. The molecule has 6 nitrogen and oxygen atoms in total. The monoisotopic (exact) mass is 473 g/mol. The molecular formula is C20H20ClF3N3O3P. The molecule has 0 N–H and O–H groups in total. The van der Waals surface area contributed by atoms with Crippen molar-refractivity contribution in [2.45, 2.75) is 25.8 Å². The average Bonchev–Trinajstić information content (AvgIpc) is 3.21. The second kappa shape index (κ2) is 9.53. The number of halogens is 4. The highest BCUT2D eigenvalue weighted by Crippen LogP contribution is 2.53. The van der Waals surface area contributed by atoms with Gasteiger partial charge in [0.05, 0.1) is 12.8 Å². The zero-order valence-electron chi connectivity index (χ0n) is 16.8. The lowest BCUT2D eigenvalue weighted by Gasteiger charge is -2.28. The van der Waals surface area contributed by atoms with E-state index in [4.69, 9.17) is 16.1 Å². The van der Waals surface area contributed by atoms with Crippen molar-refractivity contribution in [1.29, 1.82) is 0 Å². The van der Waals surface area contributed by atoms with Crippen LogP contribution in [0.5, 0.6) is 0 Å². The van der Waals surface area contributed by atoms with Crippen molar-refractivity contribution in [3.8, 4) is 11.4 Å². The van der Waals surface area contributed by atoms with E-state index in [0.717, 1.165) is 5.56 Å². The molecule has 31 heavy (non-hydrogen) atoms. The largest absolute Gasteiger partial charge is 0.471 e. The summed E-state index contributed by atoms with van der Waals surface area (Å²) in [6, 6.07) is 13.6. The third kappa shape index (κ3) is 5.95. The zero-order chi connectivity index (χ0) is 22.6. The summed E-state index contributed by atoms with van der Waals surface area (Å²) < 4.78 is 63.0. The van der Waals surface area contributed by atoms with Crippen molar-refractivity contribution < 1.29 is 26.8 Å². The van der Waals surface area contributed by atoms with Gasteiger partial charge in [-0.05, 0) is 37.2 Å². The molecule has 1 aromatic heterocycles. The summed E-state index contributed by atoms with van der Waals surface area (Å²) in [5.74, 6) is -1.58. The molecule has 0 amide bonds. The summed E-state index contributed by atoms with van der Waals surface area (Å²) in [5, 5.41) is 3.98. The molecule has 166 valence electrons. The smallest absolute Gasteiger partial charge is 0.329 e. The van der Waals surface area contributed by atoms with E-state index in [9.17, 15) is 17.7 Å². The van der Waals surface area contributed by atoms with Gasteiger partial charge in [-0.25, -0.2) is 4.67 Å². The first-order valence-corrected chi connectivity index (χ1v) is 11.4. The van der Waals surface area contributed by atoms with Crippen molar-refractivity contribution >= 4 is 19.1 Å². The van der Waals surface area contributed by atoms with Crippen LogP contribution in [0.25, 0.3) is 11.4 Å². The van der Waals surface area contributed by atoms with Crippen molar-refractivity contribution in [1.82, 2.24) is 14.8 Å². The van der Waals surface area contributed by atoms with Crippen molar-refractivity contribution in [2.75, 3.05) is 13.7 Å². The standard InChI is InChI=1S/C20H20ClF3N3O3P/c1-3-29-31(28,27(2)12-14-6-10-17(21)11-7-14)13-15-4-8-16(9-5-15)18-25-19(30-26-18)20(22,23)24/h4-11H,3,12-13H2,1-2H3. The van der Waals surface area contributed by atoms with Crippen LogP contribution in [0.1, 0.15) is 23.9 Å². The molecule has 0 bridgehead atoms. The van der Waals surface area contributed by atoms with Crippen LogP contribution in [0, 0.1) is 0 Å². The summed E-state index contributed by atoms with van der Waals surface area (Å²) in [7, 11) is -1.49. The Balaban J connectivity index is 1.75. The normalized spacial score (nSPS) is 14.0. The van der Waals surface area contributed by atoms with Gasteiger partial charge in [0.1, 0.15) is 0 Å². The maximum absolute atomic E-state index is 13.5. The molecule has 11 heteroatoms. The Labute approximate surface area is 182 Å². The van der Waals surface area contributed by atoms with Gasteiger partial charge in [-0.2, -0.15) is 18.2 Å². The number of alkyl halides is 3.